The van der Waals surface area contributed by atoms with Crippen molar-refractivity contribution < 1.29 is 18.0 Å². The minimum absolute atomic E-state index is 0.120. The number of carbonyl (C=O) groups is 2. The Labute approximate surface area is 188 Å². The van der Waals surface area contributed by atoms with Gasteiger partial charge in [0, 0.05) is 51.5 Å². The zero-order chi connectivity index (χ0) is 22.9. The van der Waals surface area contributed by atoms with Crippen LogP contribution in [0.15, 0.2) is 35.5 Å². The van der Waals surface area contributed by atoms with Crippen LogP contribution in [0.3, 0.4) is 0 Å². The summed E-state index contributed by atoms with van der Waals surface area (Å²) in [6.45, 7) is 3.85. The van der Waals surface area contributed by atoms with Crippen LogP contribution >= 0.6 is 0 Å². The van der Waals surface area contributed by atoms with Crippen LogP contribution in [-0.4, -0.2) is 65.2 Å². The Bertz CT molecular complexity index is 1100. The van der Waals surface area contributed by atoms with E-state index in [0.29, 0.717) is 37.4 Å². The predicted molar refractivity (Wildman–Crippen MR) is 120 cm³/mol. The summed E-state index contributed by atoms with van der Waals surface area (Å²) in [4.78, 5) is 31.4. The summed E-state index contributed by atoms with van der Waals surface area (Å²) in [7, 11) is -2.04. The minimum Gasteiger partial charge on any atom is -0.345 e. The van der Waals surface area contributed by atoms with E-state index in [4.69, 9.17) is 0 Å². The fourth-order valence-electron chi connectivity index (χ4n) is 4.25. The number of sulfonamides is 1. The third-order valence-electron chi connectivity index (χ3n) is 6.22. The molecule has 0 saturated carbocycles. The Morgan fingerprint density at radius 2 is 1.78 bits per heavy atom. The van der Waals surface area contributed by atoms with Gasteiger partial charge in [0.2, 0.25) is 15.9 Å². The van der Waals surface area contributed by atoms with E-state index in [-0.39, 0.29) is 35.7 Å². The Morgan fingerprint density at radius 3 is 2.41 bits per heavy atom. The number of anilines is 1. The molecular formula is C22H29N5O4S. The Hall–Kier alpha value is -2.72. The van der Waals surface area contributed by atoms with Crippen LogP contribution in [0.2, 0.25) is 0 Å². The first-order chi connectivity index (χ1) is 15.3. The molecule has 2 aromatic rings. The standard InChI is InChI=1S/C22H29N5O4S/c1-16-5-6-20(23-14-16)24-21(28)17-7-11-27(12-8-17)32(30,31)18-13-19(25(2)15-18)22(29)26-9-3-4-10-26/h5-6,13-15,17H,3-4,7-12H2,1-2H3,(H,23,24,28). The van der Waals surface area contributed by atoms with E-state index < -0.39 is 10.0 Å². The molecule has 0 radical (unpaired) electrons. The van der Waals surface area contributed by atoms with E-state index in [0.717, 1.165) is 18.4 Å². The van der Waals surface area contributed by atoms with Crippen LogP contribution in [0.25, 0.3) is 0 Å². The molecule has 4 rings (SSSR count). The van der Waals surface area contributed by atoms with Crippen molar-refractivity contribution in [3.05, 3.63) is 41.9 Å². The Morgan fingerprint density at radius 1 is 1.09 bits per heavy atom. The van der Waals surface area contributed by atoms with Gasteiger partial charge in [0.25, 0.3) is 5.91 Å². The summed E-state index contributed by atoms with van der Waals surface area (Å²) in [6.07, 6.45) is 6.01. The molecule has 2 saturated heterocycles. The molecular weight excluding hydrogens is 430 g/mol. The van der Waals surface area contributed by atoms with E-state index in [1.54, 1.807) is 28.8 Å². The van der Waals surface area contributed by atoms with E-state index in [9.17, 15) is 18.0 Å². The maximum absolute atomic E-state index is 13.2. The van der Waals surface area contributed by atoms with Crippen molar-refractivity contribution in [2.24, 2.45) is 13.0 Å². The van der Waals surface area contributed by atoms with Gasteiger partial charge in [0.15, 0.2) is 0 Å². The molecule has 2 fully saturated rings. The molecule has 2 aliphatic heterocycles. The summed E-state index contributed by atoms with van der Waals surface area (Å²) >= 11 is 0. The lowest BCUT2D eigenvalue weighted by Gasteiger charge is -2.30. The number of carbonyl (C=O) groups excluding carboxylic acids is 2. The molecule has 2 amide bonds. The average molecular weight is 460 g/mol. The Balaban J connectivity index is 1.39. The number of aryl methyl sites for hydroxylation is 2. The molecule has 0 aliphatic carbocycles. The summed E-state index contributed by atoms with van der Waals surface area (Å²) in [6, 6.07) is 5.10. The molecule has 0 bridgehead atoms. The summed E-state index contributed by atoms with van der Waals surface area (Å²) in [5.74, 6) is -0.0501. The van der Waals surface area contributed by atoms with E-state index in [2.05, 4.69) is 10.3 Å². The van der Waals surface area contributed by atoms with Gasteiger partial charge in [-0.1, -0.05) is 6.07 Å². The van der Waals surface area contributed by atoms with Gasteiger partial charge in [0.1, 0.15) is 16.4 Å². The fraction of sp³-hybridized carbons (Fsp3) is 0.500. The van der Waals surface area contributed by atoms with Crippen LogP contribution in [-0.2, 0) is 21.9 Å². The quantitative estimate of drug-likeness (QED) is 0.736. The van der Waals surface area contributed by atoms with Crippen LogP contribution in [0, 0.1) is 12.8 Å². The second-order valence-electron chi connectivity index (χ2n) is 8.56. The first kappa shape index (κ1) is 22.5. The molecule has 0 atom stereocenters. The zero-order valence-corrected chi connectivity index (χ0v) is 19.3. The molecule has 172 valence electrons. The van der Waals surface area contributed by atoms with Crippen molar-refractivity contribution in [1.82, 2.24) is 18.8 Å². The number of piperidine rings is 1. The number of rotatable bonds is 5. The van der Waals surface area contributed by atoms with Crippen molar-refractivity contribution in [3.63, 3.8) is 0 Å². The molecule has 10 heteroatoms. The highest BCUT2D eigenvalue weighted by Gasteiger charge is 2.34. The summed E-state index contributed by atoms with van der Waals surface area (Å²) < 4.78 is 29.3. The van der Waals surface area contributed by atoms with Crippen molar-refractivity contribution >= 4 is 27.7 Å². The number of aromatic nitrogens is 2. The SMILES string of the molecule is Cc1ccc(NC(=O)C2CCN(S(=O)(=O)c3cc(C(=O)N4CCCC4)n(C)c3)CC2)nc1. The molecule has 0 aromatic carbocycles. The van der Waals surface area contributed by atoms with Crippen LogP contribution in [0.4, 0.5) is 5.82 Å². The lowest BCUT2D eigenvalue weighted by molar-refractivity contribution is -0.120. The third-order valence-corrected chi connectivity index (χ3v) is 8.08. The smallest absolute Gasteiger partial charge is 0.270 e. The van der Waals surface area contributed by atoms with Crippen molar-refractivity contribution in [2.45, 2.75) is 37.5 Å². The second kappa shape index (κ2) is 9.03. The minimum atomic E-state index is -3.74. The average Bonchev–Trinajstić information content (AvgIpc) is 3.45. The van der Waals surface area contributed by atoms with E-state index in [1.807, 2.05) is 13.0 Å². The maximum atomic E-state index is 13.2. The van der Waals surface area contributed by atoms with Crippen molar-refractivity contribution in [1.29, 1.82) is 0 Å². The number of amides is 2. The van der Waals surface area contributed by atoms with Crippen LogP contribution in [0.5, 0.6) is 0 Å². The normalized spacial score (nSPS) is 18.1. The molecule has 0 unspecified atom stereocenters. The molecule has 0 spiro atoms. The predicted octanol–water partition coefficient (Wildman–Crippen LogP) is 2.00. The first-order valence-electron chi connectivity index (χ1n) is 10.9. The topological polar surface area (TPSA) is 105 Å². The van der Waals surface area contributed by atoms with Crippen molar-refractivity contribution in [2.75, 3.05) is 31.5 Å². The Kier molecular flexibility index (Phi) is 6.34. The summed E-state index contributed by atoms with van der Waals surface area (Å²) in [5.41, 5.74) is 1.39. The van der Waals surface area contributed by atoms with Gasteiger partial charge in [-0.2, -0.15) is 4.31 Å². The van der Waals surface area contributed by atoms with Crippen molar-refractivity contribution in [3.8, 4) is 0 Å². The molecule has 4 heterocycles. The van der Waals surface area contributed by atoms with Gasteiger partial charge in [-0.05, 0) is 50.3 Å². The number of nitrogens with one attached hydrogen (secondary N) is 1. The van der Waals surface area contributed by atoms with Gasteiger partial charge in [-0.3, -0.25) is 9.59 Å². The second-order valence-corrected chi connectivity index (χ2v) is 10.5. The van der Waals surface area contributed by atoms with Gasteiger partial charge in [0.05, 0.1) is 0 Å². The molecule has 32 heavy (non-hydrogen) atoms. The highest BCUT2D eigenvalue weighted by atomic mass is 32.2. The maximum Gasteiger partial charge on any atom is 0.270 e. The fourth-order valence-corrected chi connectivity index (χ4v) is 5.79. The molecule has 2 aromatic heterocycles. The van der Waals surface area contributed by atoms with Gasteiger partial charge in [-0.15, -0.1) is 0 Å². The van der Waals surface area contributed by atoms with Gasteiger partial charge < -0.3 is 14.8 Å². The van der Waals surface area contributed by atoms with Crippen LogP contribution in [0.1, 0.15) is 41.7 Å². The monoisotopic (exact) mass is 459 g/mol. The zero-order valence-electron chi connectivity index (χ0n) is 18.5. The third kappa shape index (κ3) is 4.56. The van der Waals surface area contributed by atoms with E-state index >= 15 is 0 Å². The molecule has 2 aliphatic rings. The number of likely N-dealkylation sites (tertiary alicyclic amines) is 1. The number of hydrogen-bond acceptors (Lipinski definition) is 5. The highest BCUT2D eigenvalue weighted by Crippen LogP contribution is 2.26. The lowest BCUT2D eigenvalue weighted by atomic mass is 9.97. The number of pyridine rings is 1. The summed E-state index contributed by atoms with van der Waals surface area (Å²) in [5, 5.41) is 2.81. The van der Waals surface area contributed by atoms with Crippen LogP contribution < -0.4 is 5.32 Å². The number of hydrogen-bond donors (Lipinski definition) is 1. The van der Waals surface area contributed by atoms with E-state index in [1.165, 1.54) is 16.6 Å². The highest BCUT2D eigenvalue weighted by molar-refractivity contribution is 7.89. The number of nitrogens with zero attached hydrogens (tertiary/aromatic N) is 4. The van der Waals surface area contributed by atoms with Gasteiger partial charge >= 0.3 is 0 Å². The van der Waals surface area contributed by atoms with Gasteiger partial charge in [-0.25, -0.2) is 13.4 Å². The molecule has 9 nitrogen and oxygen atoms in total. The molecule has 1 N–H and O–H groups in total. The lowest BCUT2D eigenvalue weighted by Crippen LogP contribution is -2.41. The first-order valence-corrected chi connectivity index (χ1v) is 12.4. The largest absolute Gasteiger partial charge is 0.345 e.